The molecule has 19 heavy (non-hydrogen) atoms. The normalized spacial score (nSPS) is 11.2. The van der Waals surface area contributed by atoms with Gasteiger partial charge in [0.1, 0.15) is 5.54 Å². The molecule has 0 saturated heterocycles. The van der Waals surface area contributed by atoms with Crippen molar-refractivity contribution in [1.82, 2.24) is 4.57 Å². The highest BCUT2D eigenvalue weighted by molar-refractivity contribution is 5.78. The second kappa shape index (κ2) is 5.21. The Kier molecular flexibility index (Phi) is 4.08. The Morgan fingerprint density at radius 1 is 1.47 bits per heavy atom. The maximum absolute atomic E-state index is 12.1. The molecule has 1 rings (SSSR count). The van der Waals surface area contributed by atoms with Crippen LogP contribution in [-0.4, -0.2) is 22.1 Å². The van der Waals surface area contributed by atoms with Crippen LogP contribution in [0.3, 0.4) is 0 Å². The third-order valence-electron chi connectivity index (χ3n) is 2.79. The number of carbonyl (C=O) groups is 1. The minimum Gasteiger partial charge on any atom is -0.464 e. The fraction of sp³-hybridized carbons (Fsp3) is 0.500. The lowest BCUT2D eigenvalue weighted by Crippen LogP contribution is -2.45. The number of rotatable bonds is 4. The van der Waals surface area contributed by atoms with Crippen molar-refractivity contribution in [3.05, 3.63) is 38.3 Å². The number of nitrogens with zero attached hydrogens (tertiary/aromatic N) is 2. The molecule has 7 nitrogen and oxygen atoms in total. The molecular formula is C12H16N2O5. The van der Waals surface area contributed by atoms with Crippen LogP contribution in [0.25, 0.3) is 0 Å². The number of ether oxygens (including phenoxy) is 1. The first-order valence-electron chi connectivity index (χ1n) is 5.78. The largest absolute Gasteiger partial charge is 0.464 e. The molecule has 0 radical (unpaired) electrons. The zero-order valence-electron chi connectivity index (χ0n) is 11.3. The molecule has 0 saturated carbocycles. The average Bonchev–Trinajstić information content (AvgIpc) is 2.28. The van der Waals surface area contributed by atoms with Crippen LogP contribution in [0.5, 0.6) is 0 Å². The number of hydrogen-bond acceptors (Lipinski definition) is 5. The van der Waals surface area contributed by atoms with Gasteiger partial charge < -0.3 is 4.74 Å². The summed E-state index contributed by atoms with van der Waals surface area (Å²) >= 11 is 0. The van der Waals surface area contributed by atoms with E-state index in [9.17, 15) is 19.7 Å². The first-order chi connectivity index (χ1) is 8.73. The van der Waals surface area contributed by atoms with Crippen LogP contribution in [0.2, 0.25) is 0 Å². The van der Waals surface area contributed by atoms with Crippen molar-refractivity contribution in [1.29, 1.82) is 0 Å². The van der Waals surface area contributed by atoms with Crippen molar-refractivity contribution in [3.8, 4) is 0 Å². The van der Waals surface area contributed by atoms with Gasteiger partial charge in [0.15, 0.2) is 0 Å². The molecule has 1 aromatic heterocycles. The van der Waals surface area contributed by atoms with Crippen molar-refractivity contribution in [2.75, 3.05) is 6.61 Å². The van der Waals surface area contributed by atoms with E-state index in [0.717, 1.165) is 10.6 Å². The fourth-order valence-corrected chi connectivity index (χ4v) is 1.85. The van der Waals surface area contributed by atoms with Gasteiger partial charge in [0.25, 0.3) is 0 Å². The Morgan fingerprint density at radius 3 is 2.53 bits per heavy atom. The van der Waals surface area contributed by atoms with Crippen LogP contribution < -0.4 is 5.56 Å². The number of nitro groups is 1. The van der Waals surface area contributed by atoms with E-state index in [0.29, 0.717) is 5.69 Å². The summed E-state index contributed by atoms with van der Waals surface area (Å²) in [4.78, 5) is 34.0. The minimum atomic E-state index is -1.30. The molecule has 104 valence electrons. The smallest absolute Gasteiger partial charge is 0.334 e. The molecule has 0 atom stereocenters. The summed E-state index contributed by atoms with van der Waals surface area (Å²) in [6, 6.07) is 2.57. The third-order valence-corrected chi connectivity index (χ3v) is 2.79. The van der Waals surface area contributed by atoms with E-state index >= 15 is 0 Å². The number of pyridine rings is 1. The number of esters is 1. The SMILES string of the molecule is CCOC(=O)C(C)(C)n1c(C)ccc([N+](=O)[O-])c1=O. The Balaban J connectivity index is 3.50. The van der Waals surface area contributed by atoms with Gasteiger partial charge in [0.2, 0.25) is 0 Å². The van der Waals surface area contributed by atoms with Gasteiger partial charge in [-0.25, -0.2) is 4.79 Å². The average molecular weight is 268 g/mol. The molecule has 0 unspecified atom stereocenters. The van der Waals surface area contributed by atoms with Crippen molar-refractivity contribution >= 4 is 11.7 Å². The van der Waals surface area contributed by atoms with E-state index in [1.807, 2.05) is 0 Å². The fourth-order valence-electron chi connectivity index (χ4n) is 1.85. The predicted molar refractivity (Wildman–Crippen MR) is 68.0 cm³/mol. The van der Waals surface area contributed by atoms with Crippen LogP contribution in [-0.2, 0) is 15.1 Å². The van der Waals surface area contributed by atoms with Gasteiger partial charge in [-0.3, -0.25) is 19.5 Å². The first kappa shape index (κ1) is 14.9. The maximum Gasteiger partial charge on any atom is 0.334 e. The minimum absolute atomic E-state index is 0.172. The van der Waals surface area contributed by atoms with Crippen molar-refractivity contribution < 1.29 is 14.5 Å². The summed E-state index contributed by atoms with van der Waals surface area (Å²) in [5.41, 5.74) is -2.23. The molecule has 0 N–H and O–H groups in total. The van der Waals surface area contributed by atoms with E-state index in [4.69, 9.17) is 4.74 Å². The molecule has 0 fully saturated rings. The van der Waals surface area contributed by atoms with Crippen LogP contribution >= 0.6 is 0 Å². The van der Waals surface area contributed by atoms with Crippen LogP contribution in [0, 0.1) is 17.0 Å². The first-order valence-corrected chi connectivity index (χ1v) is 5.78. The summed E-state index contributed by atoms with van der Waals surface area (Å²) in [5, 5.41) is 10.8. The van der Waals surface area contributed by atoms with Gasteiger partial charge >= 0.3 is 17.2 Å². The molecule has 0 aliphatic rings. The quantitative estimate of drug-likeness (QED) is 0.467. The number of aryl methyl sites for hydroxylation is 1. The molecule has 0 bridgehead atoms. The zero-order chi connectivity index (χ0) is 14.8. The van der Waals surface area contributed by atoms with Gasteiger partial charge in [-0.2, -0.15) is 0 Å². The number of hydrogen-bond donors (Lipinski definition) is 0. The summed E-state index contributed by atoms with van der Waals surface area (Å²) < 4.78 is 5.99. The highest BCUT2D eigenvalue weighted by atomic mass is 16.6. The molecule has 0 aliphatic carbocycles. The van der Waals surface area contributed by atoms with Crippen LogP contribution in [0.4, 0.5) is 5.69 Å². The highest BCUT2D eigenvalue weighted by Gasteiger charge is 2.35. The lowest BCUT2D eigenvalue weighted by Gasteiger charge is -2.26. The standard InChI is InChI=1S/C12H16N2O5/c1-5-19-11(16)12(3,4)13-8(2)6-7-9(10(13)15)14(17)18/h6-7H,5H2,1-4H3. The molecule has 1 heterocycles. The van der Waals surface area contributed by atoms with E-state index in [2.05, 4.69) is 0 Å². The Hall–Kier alpha value is -2.18. The van der Waals surface area contributed by atoms with E-state index in [1.165, 1.54) is 19.9 Å². The van der Waals surface area contributed by atoms with Gasteiger partial charge in [-0.05, 0) is 33.8 Å². The van der Waals surface area contributed by atoms with Crippen molar-refractivity contribution in [2.45, 2.75) is 33.2 Å². The zero-order valence-corrected chi connectivity index (χ0v) is 11.3. The number of carbonyl (C=O) groups excluding carboxylic acids is 1. The van der Waals surface area contributed by atoms with Gasteiger partial charge in [-0.1, -0.05) is 0 Å². The van der Waals surface area contributed by atoms with Crippen molar-refractivity contribution in [3.63, 3.8) is 0 Å². The van der Waals surface area contributed by atoms with Crippen LogP contribution in [0.15, 0.2) is 16.9 Å². The van der Waals surface area contributed by atoms with Crippen LogP contribution in [0.1, 0.15) is 26.5 Å². The molecule has 1 aromatic rings. The Bertz CT molecular complexity index is 574. The van der Waals surface area contributed by atoms with E-state index < -0.39 is 27.7 Å². The number of aromatic nitrogens is 1. The molecular weight excluding hydrogens is 252 g/mol. The van der Waals surface area contributed by atoms with Gasteiger partial charge in [0, 0.05) is 11.8 Å². The second-order valence-corrected chi connectivity index (χ2v) is 4.54. The summed E-state index contributed by atoms with van der Waals surface area (Å²) in [6.45, 7) is 6.40. The molecule has 0 spiro atoms. The lowest BCUT2D eigenvalue weighted by molar-refractivity contribution is -0.386. The maximum atomic E-state index is 12.1. The highest BCUT2D eigenvalue weighted by Crippen LogP contribution is 2.19. The summed E-state index contributed by atoms with van der Waals surface area (Å²) in [7, 11) is 0. The van der Waals surface area contributed by atoms with E-state index in [1.54, 1.807) is 13.8 Å². The summed E-state index contributed by atoms with van der Waals surface area (Å²) in [5.74, 6) is -0.610. The topological polar surface area (TPSA) is 91.4 Å². The summed E-state index contributed by atoms with van der Waals surface area (Å²) in [6.07, 6.45) is 0. The molecule has 7 heteroatoms. The predicted octanol–water partition coefficient (Wildman–Crippen LogP) is 1.36. The lowest BCUT2D eigenvalue weighted by atomic mass is 10.0. The van der Waals surface area contributed by atoms with Gasteiger partial charge in [-0.15, -0.1) is 0 Å². The molecule has 0 amide bonds. The van der Waals surface area contributed by atoms with Gasteiger partial charge in [0.05, 0.1) is 11.5 Å². The Morgan fingerprint density at radius 2 is 2.05 bits per heavy atom. The molecule has 0 aliphatic heterocycles. The Labute approximate surface area is 110 Å². The monoisotopic (exact) mass is 268 g/mol. The second-order valence-electron chi connectivity index (χ2n) is 4.54. The molecule has 0 aromatic carbocycles. The van der Waals surface area contributed by atoms with E-state index in [-0.39, 0.29) is 6.61 Å². The van der Waals surface area contributed by atoms with Crippen molar-refractivity contribution in [2.24, 2.45) is 0 Å². The third kappa shape index (κ3) is 2.64.